The monoisotopic (exact) mass is 197 g/mol. The number of halogens is 1. The smallest absolute Gasteiger partial charge is 0.371 e. The van der Waals surface area contributed by atoms with Crippen LogP contribution >= 0.6 is 11.6 Å². The number of fused-ring (bicyclic) bond motifs is 1. The van der Waals surface area contributed by atoms with Crippen molar-refractivity contribution in [3.8, 4) is 0 Å². The van der Waals surface area contributed by atoms with E-state index in [1.165, 1.54) is 18.5 Å². The van der Waals surface area contributed by atoms with Crippen molar-refractivity contribution in [3.63, 3.8) is 0 Å². The lowest BCUT2D eigenvalue weighted by Gasteiger charge is -1.88. The fourth-order valence-corrected chi connectivity index (χ4v) is 1.24. The number of carbonyl (C=O) groups is 1. The lowest BCUT2D eigenvalue weighted by atomic mass is 10.3. The molecule has 0 spiro atoms. The predicted octanol–water partition coefficient (Wildman–Crippen LogP) is 2.18. The summed E-state index contributed by atoms with van der Waals surface area (Å²) in [6.45, 7) is 0. The molecule has 0 saturated heterocycles. The highest BCUT2D eigenvalue weighted by atomic mass is 35.5. The van der Waals surface area contributed by atoms with Crippen molar-refractivity contribution in [3.05, 3.63) is 29.2 Å². The van der Waals surface area contributed by atoms with Gasteiger partial charge in [-0.1, -0.05) is 11.6 Å². The molecule has 0 radical (unpaired) electrons. The van der Waals surface area contributed by atoms with Crippen LogP contribution in [0.2, 0.25) is 5.02 Å². The van der Waals surface area contributed by atoms with Gasteiger partial charge in [-0.15, -0.1) is 0 Å². The minimum atomic E-state index is -1.12. The molecule has 0 aromatic carbocycles. The molecule has 4 nitrogen and oxygen atoms in total. The lowest BCUT2D eigenvalue weighted by Crippen LogP contribution is -1.91. The number of carboxylic acid groups (broad SMARTS) is 1. The molecular weight excluding hydrogens is 194 g/mol. The molecule has 0 fully saturated rings. The molecule has 0 aliphatic heterocycles. The molecule has 2 aromatic heterocycles. The van der Waals surface area contributed by atoms with Crippen LogP contribution in [0, 0.1) is 0 Å². The highest BCUT2D eigenvalue weighted by Crippen LogP contribution is 2.25. The van der Waals surface area contributed by atoms with Gasteiger partial charge >= 0.3 is 5.97 Å². The number of carboxylic acids is 1. The summed E-state index contributed by atoms with van der Waals surface area (Å²) in [5, 5.41) is 9.52. The van der Waals surface area contributed by atoms with Gasteiger partial charge in [0.2, 0.25) is 5.76 Å². The van der Waals surface area contributed by atoms with E-state index >= 15 is 0 Å². The minimum Gasteiger partial charge on any atom is -0.475 e. The van der Waals surface area contributed by atoms with Gasteiger partial charge in [0, 0.05) is 23.8 Å². The molecule has 0 amide bonds. The number of hydrogen-bond donors (Lipinski definition) is 1. The molecule has 66 valence electrons. The zero-order valence-electron chi connectivity index (χ0n) is 6.32. The van der Waals surface area contributed by atoms with Crippen LogP contribution in [0.3, 0.4) is 0 Å². The van der Waals surface area contributed by atoms with Crippen LogP contribution in [0.15, 0.2) is 22.9 Å². The number of hydrogen-bond acceptors (Lipinski definition) is 3. The van der Waals surface area contributed by atoms with Gasteiger partial charge in [-0.3, -0.25) is 4.98 Å². The maximum atomic E-state index is 10.5. The van der Waals surface area contributed by atoms with E-state index in [1.54, 1.807) is 0 Å². The summed E-state index contributed by atoms with van der Waals surface area (Å²) < 4.78 is 4.99. The molecule has 2 aromatic rings. The Morgan fingerprint density at radius 1 is 1.54 bits per heavy atom. The summed E-state index contributed by atoms with van der Waals surface area (Å²) >= 11 is 5.73. The molecule has 0 aliphatic rings. The molecule has 0 aliphatic carbocycles. The summed E-state index contributed by atoms with van der Waals surface area (Å²) in [5.41, 5.74) is 0.356. The molecule has 2 heterocycles. The highest BCUT2D eigenvalue weighted by Gasteiger charge is 2.12. The summed E-state index contributed by atoms with van der Waals surface area (Å²) in [6, 6.07) is 1.39. The van der Waals surface area contributed by atoms with E-state index in [1.807, 2.05) is 0 Å². The molecule has 13 heavy (non-hydrogen) atoms. The molecular formula is C8H4ClNO3. The first-order valence-electron chi connectivity index (χ1n) is 3.45. The molecule has 1 N–H and O–H groups in total. The number of rotatable bonds is 1. The van der Waals surface area contributed by atoms with E-state index in [0.29, 0.717) is 16.0 Å². The molecule has 0 atom stereocenters. The quantitative estimate of drug-likeness (QED) is 0.761. The fourth-order valence-electron chi connectivity index (χ4n) is 1.03. The van der Waals surface area contributed by atoms with Crippen molar-refractivity contribution in [1.29, 1.82) is 0 Å². The van der Waals surface area contributed by atoms with Crippen molar-refractivity contribution in [1.82, 2.24) is 4.98 Å². The van der Waals surface area contributed by atoms with Crippen LogP contribution in [-0.4, -0.2) is 16.1 Å². The lowest BCUT2D eigenvalue weighted by molar-refractivity contribution is 0.0665. The Morgan fingerprint density at radius 2 is 2.31 bits per heavy atom. The second-order valence-corrected chi connectivity index (χ2v) is 2.86. The first kappa shape index (κ1) is 8.07. The molecule has 0 bridgehead atoms. The van der Waals surface area contributed by atoms with Gasteiger partial charge in [-0.2, -0.15) is 0 Å². The Kier molecular flexibility index (Phi) is 1.70. The predicted molar refractivity (Wildman–Crippen MR) is 46.0 cm³/mol. The van der Waals surface area contributed by atoms with Crippen molar-refractivity contribution in [2.24, 2.45) is 0 Å². The van der Waals surface area contributed by atoms with Gasteiger partial charge in [0.1, 0.15) is 5.02 Å². The van der Waals surface area contributed by atoms with Gasteiger partial charge in [-0.25, -0.2) is 4.79 Å². The first-order valence-corrected chi connectivity index (χ1v) is 3.82. The van der Waals surface area contributed by atoms with E-state index in [-0.39, 0.29) is 5.76 Å². The van der Waals surface area contributed by atoms with Crippen molar-refractivity contribution < 1.29 is 14.3 Å². The Hall–Kier alpha value is -1.55. The van der Waals surface area contributed by atoms with Gasteiger partial charge < -0.3 is 9.52 Å². The van der Waals surface area contributed by atoms with E-state index in [4.69, 9.17) is 21.1 Å². The van der Waals surface area contributed by atoms with Crippen LogP contribution in [0.1, 0.15) is 10.6 Å². The van der Waals surface area contributed by atoms with E-state index in [2.05, 4.69) is 4.98 Å². The van der Waals surface area contributed by atoms with E-state index in [9.17, 15) is 4.79 Å². The largest absolute Gasteiger partial charge is 0.475 e. The van der Waals surface area contributed by atoms with Crippen molar-refractivity contribution >= 4 is 28.5 Å². The second-order valence-electron chi connectivity index (χ2n) is 2.46. The highest BCUT2D eigenvalue weighted by molar-refractivity contribution is 6.34. The van der Waals surface area contributed by atoms with Gasteiger partial charge in [0.15, 0.2) is 5.58 Å². The zero-order valence-corrected chi connectivity index (χ0v) is 7.08. The third-order valence-corrected chi connectivity index (χ3v) is 1.86. The summed E-state index contributed by atoms with van der Waals surface area (Å²) in [4.78, 5) is 14.3. The van der Waals surface area contributed by atoms with Crippen LogP contribution in [-0.2, 0) is 0 Å². The second kappa shape index (κ2) is 2.74. The Bertz CT molecular complexity index is 477. The average Bonchev–Trinajstić information content (AvgIpc) is 2.49. The van der Waals surface area contributed by atoms with Crippen molar-refractivity contribution in [2.75, 3.05) is 0 Å². The van der Waals surface area contributed by atoms with E-state index < -0.39 is 5.97 Å². The molecule has 5 heteroatoms. The normalized spacial score (nSPS) is 10.5. The third kappa shape index (κ3) is 1.25. The number of pyridine rings is 1. The third-order valence-electron chi connectivity index (χ3n) is 1.59. The molecule has 0 saturated carbocycles. The molecule has 2 rings (SSSR count). The Morgan fingerprint density at radius 3 is 2.92 bits per heavy atom. The number of aromatic nitrogens is 1. The van der Waals surface area contributed by atoms with Gasteiger partial charge in [0.05, 0.1) is 0 Å². The Labute approximate surface area is 77.8 Å². The standard InChI is InChI=1S/C8H4ClNO3/c9-5-3-10-2-4-1-6(8(11)12)13-7(4)5/h1-3H,(H,11,12). The van der Waals surface area contributed by atoms with Crippen LogP contribution in [0.4, 0.5) is 0 Å². The maximum Gasteiger partial charge on any atom is 0.371 e. The van der Waals surface area contributed by atoms with E-state index in [0.717, 1.165) is 0 Å². The SMILES string of the molecule is O=C(O)c1cc2cncc(Cl)c2o1. The topological polar surface area (TPSA) is 63.3 Å². The number of aromatic carboxylic acids is 1. The fraction of sp³-hybridized carbons (Fsp3) is 0. The van der Waals surface area contributed by atoms with Crippen molar-refractivity contribution in [2.45, 2.75) is 0 Å². The average molecular weight is 198 g/mol. The van der Waals surface area contributed by atoms with Gasteiger partial charge in [-0.05, 0) is 0 Å². The van der Waals surface area contributed by atoms with Crippen LogP contribution < -0.4 is 0 Å². The van der Waals surface area contributed by atoms with Crippen LogP contribution in [0.25, 0.3) is 11.0 Å². The number of nitrogens with zero attached hydrogens (tertiary/aromatic N) is 1. The first-order chi connectivity index (χ1) is 6.18. The van der Waals surface area contributed by atoms with Crippen LogP contribution in [0.5, 0.6) is 0 Å². The molecule has 0 unspecified atom stereocenters. The maximum absolute atomic E-state index is 10.5. The summed E-state index contributed by atoms with van der Waals surface area (Å²) in [5.74, 6) is -1.25. The Balaban J connectivity index is 2.75. The number of furan rings is 1. The zero-order chi connectivity index (χ0) is 9.42. The minimum absolute atomic E-state index is 0.134. The summed E-state index contributed by atoms with van der Waals surface area (Å²) in [7, 11) is 0. The summed E-state index contributed by atoms with van der Waals surface area (Å²) in [6.07, 6.45) is 2.90. The van der Waals surface area contributed by atoms with Gasteiger partial charge in [0.25, 0.3) is 0 Å².